The van der Waals surface area contributed by atoms with Crippen LogP contribution in [0.2, 0.25) is 0 Å². The molecular weight excluding hydrogens is 194 g/mol. The Morgan fingerprint density at radius 1 is 1.33 bits per heavy atom. The first-order chi connectivity index (χ1) is 7.36. The van der Waals surface area contributed by atoms with Crippen LogP contribution in [0.4, 0.5) is 0 Å². The lowest BCUT2D eigenvalue weighted by molar-refractivity contribution is 0.141. The quantitative estimate of drug-likeness (QED) is 0.777. The second-order valence-corrected chi connectivity index (χ2v) is 3.21. The summed E-state index contributed by atoms with van der Waals surface area (Å²) in [7, 11) is 1.62. The number of fused-ring (bicyclic) bond motifs is 1. The summed E-state index contributed by atoms with van der Waals surface area (Å²) in [5.41, 5.74) is 1.91. The first-order valence-corrected chi connectivity index (χ1v) is 4.71. The molecule has 80 valence electrons. The summed E-state index contributed by atoms with van der Waals surface area (Å²) < 4.78 is 10.6. The third-order valence-electron chi connectivity index (χ3n) is 2.38. The standard InChI is InChI=1S/C11H13NO3/c1-13-10-3-2-8(4-7-15-12)9-5-6-14-11(9)10/h2-3,5-6H,4,7,12H2,1H3. The Hall–Kier alpha value is -1.52. The van der Waals surface area contributed by atoms with Gasteiger partial charge in [-0.05, 0) is 24.1 Å². The van der Waals surface area contributed by atoms with Crippen LogP contribution in [0.15, 0.2) is 28.9 Å². The molecule has 0 atom stereocenters. The molecule has 1 aromatic heterocycles. The van der Waals surface area contributed by atoms with Gasteiger partial charge in [-0.2, -0.15) is 0 Å². The van der Waals surface area contributed by atoms with E-state index in [0.717, 1.165) is 28.7 Å². The summed E-state index contributed by atoms with van der Waals surface area (Å²) in [6, 6.07) is 5.80. The Morgan fingerprint density at radius 2 is 2.20 bits per heavy atom. The van der Waals surface area contributed by atoms with E-state index >= 15 is 0 Å². The fourth-order valence-corrected chi connectivity index (χ4v) is 1.64. The van der Waals surface area contributed by atoms with Crippen LogP contribution in [0, 0.1) is 0 Å². The molecule has 0 aliphatic rings. The van der Waals surface area contributed by atoms with E-state index in [-0.39, 0.29) is 0 Å². The zero-order chi connectivity index (χ0) is 10.7. The van der Waals surface area contributed by atoms with Crippen molar-refractivity contribution in [2.75, 3.05) is 13.7 Å². The molecule has 2 aromatic rings. The Balaban J connectivity index is 2.44. The highest BCUT2D eigenvalue weighted by Gasteiger charge is 2.08. The van der Waals surface area contributed by atoms with Crippen LogP contribution in [0.1, 0.15) is 5.56 Å². The van der Waals surface area contributed by atoms with Gasteiger partial charge in [-0.15, -0.1) is 0 Å². The minimum absolute atomic E-state index is 0.493. The predicted octanol–water partition coefficient (Wildman–Crippen LogP) is 1.87. The highest BCUT2D eigenvalue weighted by atomic mass is 16.6. The molecule has 0 amide bonds. The molecule has 1 aromatic carbocycles. The van der Waals surface area contributed by atoms with E-state index in [4.69, 9.17) is 15.1 Å². The SMILES string of the molecule is COc1ccc(CCON)c2ccoc12. The minimum Gasteiger partial charge on any atom is -0.493 e. The average Bonchev–Trinajstić information content (AvgIpc) is 2.74. The van der Waals surface area contributed by atoms with E-state index < -0.39 is 0 Å². The molecule has 0 saturated carbocycles. The zero-order valence-electron chi connectivity index (χ0n) is 8.53. The van der Waals surface area contributed by atoms with Gasteiger partial charge in [-0.1, -0.05) is 6.07 Å². The van der Waals surface area contributed by atoms with E-state index in [0.29, 0.717) is 6.61 Å². The Kier molecular flexibility index (Phi) is 2.89. The molecule has 0 aliphatic carbocycles. The number of methoxy groups -OCH3 is 1. The van der Waals surface area contributed by atoms with Gasteiger partial charge in [0.2, 0.25) is 0 Å². The van der Waals surface area contributed by atoms with Gasteiger partial charge in [0.05, 0.1) is 20.0 Å². The van der Waals surface area contributed by atoms with Crippen molar-refractivity contribution >= 4 is 11.0 Å². The highest BCUT2D eigenvalue weighted by molar-refractivity contribution is 5.86. The number of hydrogen-bond acceptors (Lipinski definition) is 4. The molecule has 0 spiro atoms. The van der Waals surface area contributed by atoms with Gasteiger partial charge >= 0.3 is 0 Å². The molecule has 4 heteroatoms. The third-order valence-corrected chi connectivity index (χ3v) is 2.38. The van der Waals surface area contributed by atoms with Gasteiger partial charge in [0.15, 0.2) is 11.3 Å². The van der Waals surface area contributed by atoms with Crippen LogP contribution in [0.3, 0.4) is 0 Å². The van der Waals surface area contributed by atoms with Crippen LogP contribution in [-0.2, 0) is 11.3 Å². The van der Waals surface area contributed by atoms with Gasteiger partial charge < -0.3 is 14.0 Å². The molecule has 0 radical (unpaired) electrons. The predicted molar refractivity (Wildman–Crippen MR) is 56.6 cm³/mol. The summed E-state index contributed by atoms with van der Waals surface area (Å²) in [5, 5.41) is 1.05. The average molecular weight is 207 g/mol. The Morgan fingerprint density at radius 3 is 2.93 bits per heavy atom. The first kappa shape index (κ1) is 10.0. The van der Waals surface area contributed by atoms with Crippen molar-refractivity contribution in [2.45, 2.75) is 6.42 Å². The van der Waals surface area contributed by atoms with E-state index in [1.54, 1.807) is 13.4 Å². The van der Waals surface area contributed by atoms with Crippen LogP contribution < -0.4 is 10.6 Å². The summed E-state index contributed by atoms with van der Waals surface area (Å²) >= 11 is 0. The summed E-state index contributed by atoms with van der Waals surface area (Å²) in [6.07, 6.45) is 2.41. The molecule has 2 rings (SSSR count). The maximum Gasteiger partial charge on any atom is 0.175 e. The lowest BCUT2D eigenvalue weighted by Gasteiger charge is -2.05. The van der Waals surface area contributed by atoms with Crippen molar-refractivity contribution in [1.82, 2.24) is 0 Å². The number of rotatable bonds is 4. The maximum atomic E-state index is 5.36. The van der Waals surface area contributed by atoms with Crippen LogP contribution in [-0.4, -0.2) is 13.7 Å². The molecular formula is C11H13NO3. The molecule has 0 fully saturated rings. The Labute approximate surface area is 87.5 Å². The van der Waals surface area contributed by atoms with Gasteiger partial charge in [0, 0.05) is 5.39 Å². The monoisotopic (exact) mass is 207 g/mol. The molecule has 0 bridgehead atoms. The molecule has 15 heavy (non-hydrogen) atoms. The van der Waals surface area contributed by atoms with E-state index in [1.807, 2.05) is 18.2 Å². The van der Waals surface area contributed by atoms with Gasteiger partial charge in [-0.25, -0.2) is 5.90 Å². The summed E-state index contributed by atoms with van der Waals surface area (Å²) in [4.78, 5) is 4.57. The van der Waals surface area contributed by atoms with Crippen LogP contribution in [0.5, 0.6) is 5.75 Å². The van der Waals surface area contributed by atoms with Crippen LogP contribution in [0.25, 0.3) is 11.0 Å². The topological polar surface area (TPSA) is 57.6 Å². The highest BCUT2D eigenvalue weighted by Crippen LogP contribution is 2.29. The number of hydrogen-bond donors (Lipinski definition) is 1. The maximum absolute atomic E-state index is 5.36. The van der Waals surface area contributed by atoms with Crippen molar-refractivity contribution in [2.24, 2.45) is 5.90 Å². The second kappa shape index (κ2) is 4.33. The summed E-state index contributed by atoms with van der Waals surface area (Å²) in [5.74, 6) is 5.75. The van der Waals surface area contributed by atoms with Crippen LogP contribution >= 0.6 is 0 Å². The number of nitrogens with two attached hydrogens (primary N) is 1. The normalized spacial score (nSPS) is 10.8. The zero-order valence-corrected chi connectivity index (χ0v) is 8.53. The molecule has 1 heterocycles. The lowest BCUT2D eigenvalue weighted by atomic mass is 10.1. The first-order valence-electron chi connectivity index (χ1n) is 4.71. The Bertz CT molecular complexity index is 450. The minimum atomic E-state index is 0.493. The molecule has 0 saturated heterocycles. The molecule has 2 N–H and O–H groups in total. The van der Waals surface area contributed by atoms with Gasteiger partial charge in [0.1, 0.15) is 0 Å². The van der Waals surface area contributed by atoms with Gasteiger partial charge in [-0.3, -0.25) is 0 Å². The van der Waals surface area contributed by atoms with E-state index in [2.05, 4.69) is 4.84 Å². The smallest absolute Gasteiger partial charge is 0.175 e. The van der Waals surface area contributed by atoms with Crippen molar-refractivity contribution in [3.05, 3.63) is 30.0 Å². The van der Waals surface area contributed by atoms with E-state index in [1.165, 1.54) is 0 Å². The fourth-order valence-electron chi connectivity index (χ4n) is 1.64. The number of benzene rings is 1. The lowest BCUT2D eigenvalue weighted by Crippen LogP contribution is -2.03. The largest absolute Gasteiger partial charge is 0.493 e. The molecule has 4 nitrogen and oxygen atoms in total. The molecule has 0 unspecified atom stereocenters. The number of furan rings is 1. The van der Waals surface area contributed by atoms with Gasteiger partial charge in [0.25, 0.3) is 0 Å². The molecule has 0 aliphatic heterocycles. The summed E-state index contributed by atoms with van der Waals surface area (Å²) in [6.45, 7) is 0.493. The van der Waals surface area contributed by atoms with Crippen molar-refractivity contribution < 1.29 is 14.0 Å². The van der Waals surface area contributed by atoms with Crippen molar-refractivity contribution in [1.29, 1.82) is 0 Å². The van der Waals surface area contributed by atoms with Crippen molar-refractivity contribution in [3.63, 3.8) is 0 Å². The second-order valence-electron chi connectivity index (χ2n) is 3.21. The fraction of sp³-hybridized carbons (Fsp3) is 0.273. The van der Waals surface area contributed by atoms with E-state index in [9.17, 15) is 0 Å². The third kappa shape index (κ3) is 1.82. The number of ether oxygens (including phenoxy) is 1. The van der Waals surface area contributed by atoms with Crippen molar-refractivity contribution in [3.8, 4) is 5.75 Å².